The molecule has 1 aromatic heterocycles. The second-order valence-electron chi connectivity index (χ2n) is 5.51. The zero-order chi connectivity index (χ0) is 16.1. The molecule has 6 heteroatoms. The summed E-state index contributed by atoms with van der Waals surface area (Å²) in [5.41, 5.74) is 1.22. The summed E-state index contributed by atoms with van der Waals surface area (Å²) in [6, 6.07) is 9.36. The van der Waals surface area contributed by atoms with Crippen molar-refractivity contribution in [2.45, 2.75) is 6.92 Å². The fraction of sp³-hybridized carbons (Fsp3) is 0.353. The minimum Gasteiger partial charge on any atom is -0.338 e. The van der Waals surface area contributed by atoms with Gasteiger partial charge in [-0.1, -0.05) is 25.1 Å². The molecule has 2 heterocycles. The van der Waals surface area contributed by atoms with E-state index in [-0.39, 0.29) is 5.91 Å². The summed E-state index contributed by atoms with van der Waals surface area (Å²) < 4.78 is 0. The van der Waals surface area contributed by atoms with Gasteiger partial charge in [-0.2, -0.15) is 0 Å². The molecule has 0 unspecified atom stereocenters. The van der Waals surface area contributed by atoms with Gasteiger partial charge in [-0.15, -0.1) is 0 Å². The van der Waals surface area contributed by atoms with Gasteiger partial charge in [0, 0.05) is 44.3 Å². The molecule has 1 saturated heterocycles. The molecule has 1 aromatic carbocycles. The third-order valence-electron chi connectivity index (χ3n) is 4.03. The summed E-state index contributed by atoms with van der Waals surface area (Å²) in [5.74, 6) is 0.496. The SMILES string of the molecule is CCN1CCN(c2ncc(C(=O)Nc3ccccc3)cn2)CC1. The van der Waals surface area contributed by atoms with Crippen molar-refractivity contribution in [3.63, 3.8) is 0 Å². The largest absolute Gasteiger partial charge is 0.338 e. The number of likely N-dealkylation sites (N-methyl/N-ethyl adjacent to an activating group) is 1. The number of anilines is 2. The molecule has 1 aliphatic rings. The van der Waals surface area contributed by atoms with Crippen molar-refractivity contribution in [2.75, 3.05) is 42.9 Å². The van der Waals surface area contributed by atoms with Gasteiger partial charge in [-0.05, 0) is 18.7 Å². The zero-order valence-corrected chi connectivity index (χ0v) is 13.3. The van der Waals surface area contributed by atoms with Crippen LogP contribution in [0.15, 0.2) is 42.7 Å². The second-order valence-corrected chi connectivity index (χ2v) is 5.51. The fourth-order valence-electron chi connectivity index (χ4n) is 2.59. The maximum atomic E-state index is 12.2. The Morgan fingerprint density at radius 2 is 1.74 bits per heavy atom. The summed E-state index contributed by atoms with van der Waals surface area (Å²) in [4.78, 5) is 25.4. The number of hydrogen-bond acceptors (Lipinski definition) is 5. The van der Waals surface area contributed by atoms with Gasteiger partial charge < -0.3 is 15.1 Å². The Bertz CT molecular complexity index is 636. The van der Waals surface area contributed by atoms with Crippen LogP contribution in [-0.2, 0) is 0 Å². The molecule has 6 nitrogen and oxygen atoms in total. The third-order valence-corrected chi connectivity index (χ3v) is 4.03. The number of para-hydroxylation sites is 1. The molecular weight excluding hydrogens is 290 g/mol. The van der Waals surface area contributed by atoms with E-state index < -0.39 is 0 Å². The molecule has 0 saturated carbocycles. The molecule has 1 aliphatic heterocycles. The van der Waals surface area contributed by atoms with E-state index >= 15 is 0 Å². The maximum Gasteiger partial charge on any atom is 0.258 e. The predicted molar refractivity (Wildman–Crippen MR) is 90.8 cm³/mol. The Balaban J connectivity index is 1.62. The standard InChI is InChI=1S/C17H21N5O/c1-2-21-8-10-22(11-9-21)17-18-12-14(13-19-17)16(23)20-15-6-4-3-5-7-15/h3-7,12-13H,2,8-11H2,1H3,(H,20,23). The quantitative estimate of drug-likeness (QED) is 0.934. The Labute approximate surface area is 136 Å². The minimum absolute atomic E-state index is 0.196. The monoisotopic (exact) mass is 311 g/mol. The molecule has 120 valence electrons. The van der Waals surface area contributed by atoms with Crippen molar-refractivity contribution in [2.24, 2.45) is 0 Å². The predicted octanol–water partition coefficient (Wildman–Crippen LogP) is 1.87. The van der Waals surface area contributed by atoms with Crippen molar-refractivity contribution in [3.8, 4) is 0 Å². The van der Waals surface area contributed by atoms with Crippen LogP contribution in [0, 0.1) is 0 Å². The van der Waals surface area contributed by atoms with Crippen LogP contribution in [0.2, 0.25) is 0 Å². The van der Waals surface area contributed by atoms with Crippen molar-refractivity contribution in [3.05, 3.63) is 48.3 Å². The first-order valence-electron chi connectivity index (χ1n) is 7.92. The highest BCUT2D eigenvalue weighted by Crippen LogP contribution is 2.12. The van der Waals surface area contributed by atoms with Crippen molar-refractivity contribution in [1.29, 1.82) is 0 Å². The molecule has 1 amide bonds. The first-order valence-corrected chi connectivity index (χ1v) is 7.92. The number of amides is 1. The lowest BCUT2D eigenvalue weighted by molar-refractivity contribution is 0.102. The number of piperazine rings is 1. The number of nitrogens with zero attached hydrogens (tertiary/aromatic N) is 4. The smallest absolute Gasteiger partial charge is 0.258 e. The van der Waals surface area contributed by atoms with Crippen molar-refractivity contribution < 1.29 is 4.79 Å². The Kier molecular flexibility index (Phi) is 4.83. The summed E-state index contributed by atoms with van der Waals surface area (Å²) in [7, 11) is 0. The Morgan fingerprint density at radius 3 is 2.35 bits per heavy atom. The number of carbonyl (C=O) groups is 1. The molecule has 0 spiro atoms. The number of aromatic nitrogens is 2. The first kappa shape index (κ1) is 15.4. The molecule has 3 rings (SSSR count). The highest BCUT2D eigenvalue weighted by Gasteiger charge is 2.18. The second kappa shape index (κ2) is 7.19. The summed E-state index contributed by atoms with van der Waals surface area (Å²) in [6.07, 6.45) is 3.18. The van der Waals surface area contributed by atoms with E-state index in [4.69, 9.17) is 0 Å². The van der Waals surface area contributed by atoms with Gasteiger partial charge in [0.1, 0.15) is 0 Å². The average molecular weight is 311 g/mol. The van der Waals surface area contributed by atoms with E-state index in [1.54, 1.807) is 12.4 Å². The molecule has 1 fully saturated rings. The molecular formula is C17H21N5O. The van der Waals surface area contributed by atoms with E-state index in [0.717, 1.165) is 38.4 Å². The van der Waals surface area contributed by atoms with E-state index in [1.165, 1.54) is 0 Å². The Morgan fingerprint density at radius 1 is 1.09 bits per heavy atom. The van der Waals surface area contributed by atoms with Crippen LogP contribution >= 0.6 is 0 Å². The maximum absolute atomic E-state index is 12.2. The van der Waals surface area contributed by atoms with E-state index in [0.29, 0.717) is 11.5 Å². The van der Waals surface area contributed by atoms with Crippen LogP contribution in [0.5, 0.6) is 0 Å². The molecule has 1 N–H and O–H groups in total. The van der Waals surface area contributed by atoms with Crippen LogP contribution < -0.4 is 10.2 Å². The first-order chi connectivity index (χ1) is 11.3. The van der Waals surface area contributed by atoms with Crippen LogP contribution in [0.25, 0.3) is 0 Å². The van der Waals surface area contributed by atoms with Crippen LogP contribution in [-0.4, -0.2) is 53.5 Å². The molecule has 0 aliphatic carbocycles. The van der Waals surface area contributed by atoms with Crippen LogP contribution in [0.1, 0.15) is 17.3 Å². The molecule has 23 heavy (non-hydrogen) atoms. The molecule has 0 bridgehead atoms. The Hall–Kier alpha value is -2.47. The van der Waals surface area contributed by atoms with Gasteiger partial charge in [-0.25, -0.2) is 9.97 Å². The highest BCUT2D eigenvalue weighted by atomic mass is 16.1. The van der Waals surface area contributed by atoms with Gasteiger partial charge in [0.2, 0.25) is 5.95 Å². The fourth-order valence-corrected chi connectivity index (χ4v) is 2.59. The van der Waals surface area contributed by atoms with E-state index in [9.17, 15) is 4.79 Å². The lowest BCUT2D eigenvalue weighted by Gasteiger charge is -2.33. The zero-order valence-electron chi connectivity index (χ0n) is 13.3. The van der Waals surface area contributed by atoms with Crippen molar-refractivity contribution in [1.82, 2.24) is 14.9 Å². The average Bonchev–Trinajstić information content (AvgIpc) is 2.63. The molecule has 2 aromatic rings. The van der Waals surface area contributed by atoms with Gasteiger partial charge in [0.05, 0.1) is 5.56 Å². The summed E-state index contributed by atoms with van der Waals surface area (Å²) in [6.45, 7) is 7.14. The summed E-state index contributed by atoms with van der Waals surface area (Å²) in [5, 5.41) is 2.83. The molecule has 0 radical (unpaired) electrons. The lowest BCUT2D eigenvalue weighted by atomic mass is 10.3. The van der Waals surface area contributed by atoms with E-state index in [1.807, 2.05) is 30.3 Å². The number of hydrogen-bond donors (Lipinski definition) is 1. The van der Waals surface area contributed by atoms with Gasteiger partial charge in [0.25, 0.3) is 5.91 Å². The number of carbonyl (C=O) groups excluding carboxylic acids is 1. The number of nitrogens with one attached hydrogen (secondary N) is 1. The number of rotatable bonds is 4. The normalized spacial score (nSPS) is 15.4. The lowest BCUT2D eigenvalue weighted by Crippen LogP contribution is -2.46. The third kappa shape index (κ3) is 3.84. The molecule has 0 atom stereocenters. The highest BCUT2D eigenvalue weighted by molar-refractivity contribution is 6.03. The summed E-state index contributed by atoms with van der Waals surface area (Å²) >= 11 is 0. The van der Waals surface area contributed by atoms with Crippen LogP contribution in [0.3, 0.4) is 0 Å². The van der Waals surface area contributed by atoms with E-state index in [2.05, 4.69) is 32.0 Å². The van der Waals surface area contributed by atoms with Gasteiger partial charge in [-0.3, -0.25) is 4.79 Å². The van der Waals surface area contributed by atoms with Crippen LogP contribution in [0.4, 0.5) is 11.6 Å². The topological polar surface area (TPSA) is 61.4 Å². The van der Waals surface area contributed by atoms with Crippen molar-refractivity contribution >= 4 is 17.5 Å². The van der Waals surface area contributed by atoms with Gasteiger partial charge >= 0.3 is 0 Å². The number of benzene rings is 1. The minimum atomic E-state index is -0.196. The van der Waals surface area contributed by atoms with Gasteiger partial charge in [0.15, 0.2) is 0 Å².